The van der Waals surface area contributed by atoms with Gasteiger partial charge in [0.15, 0.2) is 5.82 Å². The fraction of sp³-hybridized carbons (Fsp3) is 0.350. The van der Waals surface area contributed by atoms with E-state index in [1.165, 1.54) is 0 Å². The van der Waals surface area contributed by atoms with Crippen molar-refractivity contribution in [3.05, 3.63) is 48.3 Å². The number of nitrogens with one attached hydrogen (secondary N) is 4. The molecule has 9 heteroatoms. The molecule has 1 unspecified atom stereocenters. The van der Waals surface area contributed by atoms with E-state index in [1.807, 2.05) is 24.4 Å². The summed E-state index contributed by atoms with van der Waals surface area (Å²) in [5, 5.41) is 4.40. The third-order valence-corrected chi connectivity index (χ3v) is 5.52. The molecule has 0 amide bonds. The van der Waals surface area contributed by atoms with Gasteiger partial charge in [-0.15, -0.1) is 0 Å². The first-order valence-electron chi connectivity index (χ1n) is 9.65. The van der Waals surface area contributed by atoms with Crippen molar-refractivity contribution >= 4 is 28.5 Å². The number of benzene rings is 1. The van der Waals surface area contributed by atoms with E-state index in [9.17, 15) is 8.78 Å². The molecule has 1 saturated carbocycles. The summed E-state index contributed by atoms with van der Waals surface area (Å²) >= 11 is 0. The number of rotatable bonds is 5. The zero-order chi connectivity index (χ0) is 19.8. The van der Waals surface area contributed by atoms with E-state index < -0.39 is 5.92 Å². The van der Waals surface area contributed by atoms with E-state index in [-0.39, 0.29) is 24.8 Å². The van der Waals surface area contributed by atoms with E-state index in [0.29, 0.717) is 30.6 Å². The third kappa shape index (κ3) is 3.77. The summed E-state index contributed by atoms with van der Waals surface area (Å²) in [5.41, 5.74) is 8.29. The molecule has 5 rings (SSSR count). The Labute approximate surface area is 166 Å². The van der Waals surface area contributed by atoms with Crippen molar-refractivity contribution in [1.82, 2.24) is 25.8 Å². The van der Waals surface area contributed by atoms with E-state index >= 15 is 0 Å². The highest BCUT2D eigenvalue weighted by molar-refractivity contribution is 5.86. The van der Waals surface area contributed by atoms with Gasteiger partial charge in [0.2, 0.25) is 11.9 Å². The second kappa shape index (κ2) is 7.07. The average Bonchev–Trinajstić information content (AvgIpc) is 3.34. The standard InChI is InChI=1S/C20H21F2N7/c21-20(22)9-13(10-20)16-8-18(29-28-16)26-17-5-7-24-19(27-17)25-11-12-2-1-3-15-14(12)4-6-23-15/h1-7,13,16,23,28H,8-11H2,(H2,24,25,26,27,29). The number of aliphatic imine (C=N–C) groups is 1. The summed E-state index contributed by atoms with van der Waals surface area (Å²) < 4.78 is 26.2. The number of amidine groups is 1. The maximum atomic E-state index is 13.1. The van der Waals surface area contributed by atoms with E-state index in [1.54, 1.807) is 12.3 Å². The lowest BCUT2D eigenvalue weighted by Crippen LogP contribution is -2.47. The minimum atomic E-state index is -2.51. The molecule has 0 bridgehead atoms. The summed E-state index contributed by atoms with van der Waals surface area (Å²) in [7, 11) is 0. The number of hydrogen-bond donors (Lipinski definition) is 4. The highest BCUT2D eigenvalue weighted by Gasteiger charge is 2.49. The van der Waals surface area contributed by atoms with Crippen LogP contribution < -0.4 is 16.2 Å². The van der Waals surface area contributed by atoms with Gasteiger partial charge in [-0.25, -0.2) is 24.2 Å². The SMILES string of the molecule is FC1(F)CC(C2CC(=Nc3ccnc(NCc4cccc5[nH]ccc45)n3)NN2)C1. The van der Waals surface area contributed by atoms with E-state index in [4.69, 9.17) is 0 Å². The number of nitrogens with zero attached hydrogens (tertiary/aromatic N) is 3. The lowest BCUT2D eigenvalue weighted by molar-refractivity contribution is -0.118. The topological polar surface area (TPSA) is 90.0 Å². The van der Waals surface area contributed by atoms with Gasteiger partial charge in [0.1, 0.15) is 5.84 Å². The molecule has 2 aliphatic rings. The predicted octanol–water partition coefficient (Wildman–Crippen LogP) is 3.51. The second-order valence-electron chi connectivity index (χ2n) is 7.61. The second-order valence-corrected chi connectivity index (χ2v) is 7.61. The molecule has 0 spiro atoms. The number of alkyl halides is 2. The molecular formula is C20H21F2N7. The minimum absolute atomic E-state index is 0.0188. The maximum absolute atomic E-state index is 13.1. The average molecular weight is 397 g/mol. The normalized spacial score (nSPS) is 22.6. The first-order chi connectivity index (χ1) is 14.1. The first-order valence-corrected chi connectivity index (χ1v) is 9.65. The van der Waals surface area contributed by atoms with E-state index in [0.717, 1.165) is 16.5 Å². The summed E-state index contributed by atoms with van der Waals surface area (Å²) in [6, 6.07) is 9.85. The van der Waals surface area contributed by atoms with Crippen LogP contribution in [0.2, 0.25) is 0 Å². The number of aromatic nitrogens is 3. The molecule has 1 aliphatic heterocycles. The molecule has 29 heavy (non-hydrogen) atoms. The molecule has 2 aromatic heterocycles. The van der Waals surface area contributed by atoms with Crippen molar-refractivity contribution in [3.8, 4) is 0 Å². The van der Waals surface area contributed by atoms with Crippen molar-refractivity contribution in [2.45, 2.75) is 37.8 Å². The minimum Gasteiger partial charge on any atom is -0.361 e. The highest BCUT2D eigenvalue weighted by atomic mass is 19.3. The lowest BCUT2D eigenvalue weighted by Gasteiger charge is -2.38. The van der Waals surface area contributed by atoms with Crippen LogP contribution in [0.25, 0.3) is 10.9 Å². The Morgan fingerprint density at radius 2 is 2.10 bits per heavy atom. The lowest BCUT2D eigenvalue weighted by atomic mass is 9.76. The van der Waals surface area contributed by atoms with Gasteiger partial charge in [0.25, 0.3) is 0 Å². The van der Waals surface area contributed by atoms with Gasteiger partial charge >= 0.3 is 0 Å². The molecule has 1 saturated heterocycles. The smallest absolute Gasteiger partial charge is 0.248 e. The van der Waals surface area contributed by atoms with Gasteiger partial charge in [0.05, 0.1) is 0 Å². The van der Waals surface area contributed by atoms with Crippen LogP contribution in [0.3, 0.4) is 0 Å². The van der Waals surface area contributed by atoms with Crippen molar-refractivity contribution in [1.29, 1.82) is 0 Å². The molecule has 4 N–H and O–H groups in total. The van der Waals surface area contributed by atoms with Gasteiger partial charge in [0, 0.05) is 61.2 Å². The number of aromatic amines is 1. The largest absolute Gasteiger partial charge is 0.361 e. The van der Waals surface area contributed by atoms with Crippen molar-refractivity contribution in [2.75, 3.05) is 5.32 Å². The zero-order valence-electron chi connectivity index (χ0n) is 15.6. The van der Waals surface area contributed by atoms with E-state index in [2.05, 4.69) is 42.2 Å². The van der Waals surface area contributed by atoms with Crippen LogP contribution in [0.1, 0.15) is 24.8 Å². The quantitative estimate of drug-likeness (QED) is 0.529. The maximum Gasteiger partial charge on any atom is 0.248 e. The molecule has 1 atom stereocenters. The molecule has 0 radical (unpaired) electrons. The predicted molar refractivity (Wildman–Crippen MR) is 107 cm³/mol. The number of H-pyrrole nitrogens is 1. The summed E-state index contributed by atoms with van der Waals surface area (Å²) in [4.78, 5) is 16.4. The summed E-state index contributed by atoms with van der Waals surface area (Å²) in [6.45, 7) is 0.590. The van der Waals surface area contributed by atoms with Crippen molar-refractivity contribution in [2.24, 2.45) is 10.9 Å². The van der Waals surface area contributed by atoms with Crippen LogP contribution in [0, 0.1) is 5.92 Å². The van der Waals surface area contributed by atoms with Crippen molar-refractivity contribution in [3.63, 3.8) is 0 Å². The number of halogens is 2. The molecule has 1 aromatic carbocycles. The van der Waals surface area contributed by atoms with Gasteiger partial charge in [-0.2, -0.15) is 4.98 Å². The van der Waals surface area contributed by atoms with Crippen LogP contribution in [-0.4, -0.2) is 32.8 Å². The molecule has 3 aromatic rings. The van der Waals surface area contributed by atoms with Crippen LogP contribution >= 0.6 is 0 Å². The Morgan fingerprint density at radius 3 is 2.97 bits per heavy atom. The van der Waals surface area contributed by atoms with Gasteiger partial charge < -0.3 is 15.7 Å². The molecule has 2 fully saturated rings. The fourth-order valence-electron chi connectivity index (χ4n) is 3.95. The zero-order valence-corrected chi connectivity index (χ0v) is 15.6. The van der Waals surface area contributed by atoms with Gasteiger partial charge in [-0.1, -0.05) is 12.1 Å². The highest BCUT2D eigenvalue weighted by Crippen LogP contribution is 2.45. The Morgan fingerprint density at radius 1 is 1.21 bits per heavy atom. The number of hydrogen-bond acceptors (Lipinski definition) is 5. The molecule has 7 nitrogen and oxygen atoms in total. The van der Waals surface area contributed by atoms with Crippen LogP contribution in [0.15, 0.2) is 47.7 Å². The molecular weight excluding hydrogens is 376 g/mol. The Kier molecular flexibility index (Phi) is 4.39. The van der Waals surface area contributed by atoms with Crippen molar-refractivity contribution < 1.29 is 8.78 Å². The Bertz CT molecular complexity index is 1050. The van der Waals surface area contributed by atoms with Crippen LogP contribution in [-0.2, 0) is 6.54 Å². The van der Waals surface area contributed by atoms with Gasteiger partial charge in [-0.3, -0.25) is 0 Å². The molecule has 150 valence electrons. The third-order valence-electron chi connectivity index (χ3n) is 5.52. The fourth-order valence-corrected chi connectivity index (χ4v) is 3.95. The summed E-state index contributed by atoms with van der Waals surface area (Å²) in [6.07, 6.45) is 4.03. The first kappa shape index (κ1) is 18.0. The summed E-state index contributed by atoms with van der Waals surface area (Å²) in [5.74, 6) is -0.827. The van der Waals surface area contributed by atoms with Crippen LogP contribution in [0.4, 0.5) is 20.5 Å². The number of hydrazine groups is 1. The monoisotopic (exact) mass is 397 g/mol. The molecule has 1 aliphatic carbocycles. The van der Waals surface area contributed by atoms with Crippen LogP contribution in [0.5, 0.6) is 0 Å². The molecule has 3 heterocycles. The number of fused-ring (bicyclic) bond motifs is 1. The number of anilines is 1. The van der Waals surface area contributed by atoms with Gasteiger partial charge in [-0.05, 0) is 23.6 Å². The Balaban J connectivity index is 1.23. The Hall–Kier alpha value is -3.07.